The third-order valence-corrected chi connectivity index (χ3v) is 6.45. The minimum absolute atomic E-state index is 0.0347. The number of rotatable bonds is 5. The van der Waals surface area contributed by atoms with E-state index in [0.717, 1.165) is 6.54 Å². The molecule has 4 atom stereocenters. The van der Waals surface area contributed by atoms with Crippen molar-refractivity contribution in [3.8, 4) is 0 Å². The summed E-state index contributed by atoms with van der Waals surface area (Å²) >= 11 is 0. The maximum Gasteiger partial charge on any atom is 0.245 e. The quantitative estimate of drug-likeness (QED) is 0.845. The summed E-state index contributed by atoms with van der Waals surface area (Å²) in [7, 11) is 0. The summed E-state index contributed by atoms with van der Waals surface area (Å²) in [4.78, 5) is 27.2. The fourth-order valence-corrected chi connectivity index (χ4v) is 4.74. The van der Waals surface area contributed by atoms with Gasteiger partial charge in [-0.3, -0.25) is 9.59 Å². The topological polar surface area (TPSA) is 49.4 Å². The average molecular weight is 322 g/mol. The third kappa shape index (κ3) is 2.89. The highest BCUT2D eigenvalue weighted by Gasteiger charge is 2.74. The van der Waals surface area contributed by atoms with Crippen LogP contribution in [0, 0.1) is 28.6 Å². The van der Waals surface area contributed by atoms with Gasteiger partial charge < -0.3 is 10.2 Å². The van der Waals surface area contributed by atoms with Crippen LogP contribution in [0.3, 0.4) is 0 Å². The standard InChI is InChI=1S/C19H34N2O2/c1-11(2)9-14(20-16(22)12(3)4)17(23)21-10-19(8)15(13(21)5)18(19,6)7/h11-15H,9-10H2,1-8H3,(H,20,22)/t13-,14+,15+,19+/m1/s1. The van der Waals surface area contributed by atoms with Crippen LogP contribution in [0.1, 0.15) is 61.8 Å². The van der Waals surface area contributed by atoms with Gasteiger partial charge >= 0.3 is 0 Å². The van der Waals surface area contributed by atoms with Crippen molar-refractivity contribution in [3.63, 3.8) is 0 Å². The monoisotopic (exact) mass is 322 g/mol. The number of fused-ring (bicyclic) bond motifs is 1. The van der Waals surface area contributed by atoms with Crippen molar-refractivity contribution in [3.05, 3.63) is 0 Å². The summed E-state index contributed by atoms with van der Waals surface area (Å²) < 4.78 is 0. The van der Waals surface area contributed by atoms with E-state index in [-0.39, 0.29) is 29.2 Å². The van der Waals surface area contributed by atoms with E-state index in [1.54, 1.807) is 0 Å². The van der Waals surface area contributed by atoms with E-state index in [2.05, 4.69) is 46.9 Å². The lowest BCUT2D eigenvalue weighted by atomic mass is 9.95. The minimum atomic E-state index is -0.392. The molecule has 1 aliphatic carbocycles. The fraction of sp³-hybridized carbons (Fsp3) is 0.895. The second-order valence-corrected chi connectivity index (χ2v) is 9.17. The first-order valence-electron chi connectivity index (χ1n) is 9.04. The molecule has 0 aromatic carbocycles. The molecule has 1 saturated heterocycles. The Balaban J connectivity index is 2.11. The molecule has 2 fully saturated rings. The van der Waals surface area contributed by atoms with Gasteiger partial charge in [-0.15, -0.1) is 0 Å². The molecule has 0 aromatic rings. The Hall–Kier alpha value is -1.06. The molecular weight excluding hydrogens is 288 g/mol. The highest BCUT2D eigenvalue weighted by molar-refractivity contribution is 5.89. The maximum atomic E-state index is 13.1. The Bertz CT molecular complexity index is 498. The fourth-order valence-electron chi connectivity index (χ4n) is 4.74. The van der Waals surface area contributed by atoms with Gasteiger partial charge in [-0.05, 0) is 36.0 Å². The van der Waals surface area contributed by atoms with Crippen LogP contribution in [0.15, 0.2) is 0 Å². The predicted molar refractivity (Wildman–Crippen MR) is 92.8 cm³/mol. The lowest BCUT2D eigenvalue weighted by Crippen LogP contribution is -2.52. The molecule has 4 nitrogen and oxygen atoms in total. The highest BCUT2D eigenvalue weighted by atomic mass is 16.2. The van der Waals surface area contributed by atoms with Crippen molar-refractivity contribution in [2.75, 3.05) is 6.54 Å². The van der Waals surface area contributed by atoms with Gasteiger partial charge in [0.25, 0.3) is 0 Å². The molecule has 1 saturated carbocycles. The Morgan fingerprint density at radius 3 is 2.13 bits per heavy atom. The van der Waals surface area contributed by atoms with Crippen LogP contribution in [-0.4, -0.2) is 35.3 Å². The van der Waals surface area contributed by atoms with Gasteiger partial charge in [0.2, 0.25) is 11.8 Å². The molecule has 1 heterocycles. The summed E-state index contributed by atoms with van der Waals surface area (Å²) in [6.07, 6.45) is 0.700. The summed E-state index contributed by atoms with van der Waals surface area (Å²) in [5, 5.41) is 2.98. The van der Waals surface area contributed by atoms with Crippen molar-refractivity contribution in [2.24, 2.45) is 28.6 Å². The Labute approximate surface area is 141 Å². The van der Waals surface area contributed by atoms with Crippen LogP contribution in [0.5, 0.6) is 0 Å². The number of piperidine rings is 1. The lowest BCUT2D eigenvalue weighted by Gasteiger charge is -2.33. The minimum Gasteiger partial charge on any atom is -0.344 e. The molecular formula is C19H34N2O2. The van der Waals surface area contributed by atoms with Gasteiger partial charge in [-0.1, -0.05) is 48.5 Å². The van der Waals surface area contributed by atoms with E-state index in [4.69, 9.17) is 0 Å². The number of amides is 2. The number of hydrogen-bond acceptors (Lipinski definition) is 2. The summed E-state index contributed by atoms with van der Waals surface area (Å²) in [6.45, 7) is 17.8. The van der Waals surface area contributed by atoms with Crippen molar-refractivity contribution in [1.82, 2.24) is 10.2 Å². The van der Waals surface area contributed by atoms with Crippen LogP contribution >= 0.6 is 0 Å². The Morgan fingerprint density at radius 2 is 1.74 bits per heavy atom. The number of nitrogens with one attached hydrogen (secondary N) is 1. The first kappa shape index (κ1) is 18.3. The van der Waals surface area contributed by atoms with E-state index in [9.17, 15) is 9.59 Å². The van der Waals surface area contributed by atoms with Gasteiger partial charge in [0, 0.05) is 18.5 Å². The molecule has 4 heteroatoms. The van der Waals surface area contributed by atoms with E-state index in [1.165, 1.54) is 0 Å². The SMILES string of the molecule is CC(C)C[C@H](NC(=O)C(C)C)C(=O)N1C[C@@]2(C)[C@@H]([C@H]1C)C2(C)C. The lowest BCUT2D eigenvalue weighted by molar-refractivity contribution is -0.139. The summed E-state index contributed by atoms with van der Waals surface area (Å²) in [6, 6.07) is -0.135. The molecule has 2 aliphatic rings. The number of hydrogen-bond donors (Lipinski definition) is 1. The van der Waals surface area contributed by atoms with Crippen LogP contribution in [-0.2, 0) is 9.59 Å². The zero-order valence-corrected chi connectivity index (χ0v) is 16.1. The highest BCUT2D eigenvalue weighted by Crippen LogP contribution is 2.74. The number of nitrogens with zero attached hydrogens (tertiary/aromatic N) is 1. The van der Waals surface area contributed by atoms with Crippen molar-refractivity contribution < 1.29 is 9.59 Å². The third-order valence-electron chi connectivity index (χ3n) is 6.45. The van der Waals surface area contributed by atoms with Crippen molar-refractivity contribution in [2.45, 2.75) is 73.9 Å². The van der Waals surface area contributed by atoms with Crippen LogP contribution in [0.2, 0.25) is 0 Å². The van der Waals surface area contributed by atoms with Gasteiger partial charge in [-0.2, -0.15) is 0 Å². The first-order valence-corrected chi connectivity index (χ1v) is 9.04. The number of carbonyl (C=O) groups excluding carboxylic acids is 2. The zero-order chi connectivity index (χ0) is 17.7. The van der Waals surface area contributed by atoms with Crippen LogP contribution in [0.4, 0.5) is 0 Å². The van der Waals surface area contributed by atoms with Gasteiger partial charge in [0.05, 0.1) is 0 Å². The molecule has 132 valence electrons. The van der Waals surface area contributed by atoms with Crippen molar-refractivity contribution in [1.29, 1.82) is 0 Å². The number of carbonyl (C=O) groups is 2. The Morgan fingerprint density at radius 1 is 1.17 bits per heavy atom. The van der Waals surface area contributed by atoms with Gasteiger partial charge in [0.1, 0.15) is 6.04 Å². The molecule has 2 amide bonds. The molecule has 0 bridgehead atoms. The summed E-state index contributed by atoms with van der Waals surface area (Å²) in [5.74, 6) is 0.908. The molecule has 0 radical (unpaired) electrons. The number of likely N-dealkylation sites (tertiary alicyclic amines) is 1. The normalized spacial score (nSPS) is 32.9. The molecule has 0 spiro atoms. The smallest absolute Gasteiger partial charge is 0.245 e. The van der Waals surface area contributed by atoms with Gasteiger partial charge in [-0.25, -0.2) is 0 Å². The molecule has 1 N–H and O–H groups in total. The largest absolute Gasteiger partial charge is 0.344 e. The first-order chi connectivity index (χ1) is 10.4. The van der Waals surface area contributed by atoms with Gasteiger partial charge in [0.15, 0.2) is 0 Å². The molecule has 2 rings (SSSR count). The predicted octanol–water partition coefficient (Wildman–Crippen LogP) is 3.07. The van der Waals surface area contributed by atoms with E-state index in [0.29, 0.717) is 23.7 Å². The van der Waals surface area contributed by atoms with Crippen LogP contribution < -0.4 is 5.32 Å². The molecule has 23 heavy (non-hydrogen) atoms. The maximum absolute atomic E-state index is 13.1. The van der Waals surface area contributed by atoms with E-state index >= 15 is 0 Å². The molecule has 1 aliphatic heterocycles. The zero-order valence-electron chi connectivity index (χ0n) is 16.1. The van der Waals surface area contributed by atoms with E-state index < -0.39 is 6.04 Å². The molecule has 0 aromatic heterocycles. The van der Waals surface area contributed by atoms with Crippen molar-refractivity contribution >= 4 is 11.8 Å². The van der Waals surface area contributed by atoms with E-state index in [1.807, 2.05) is 18.7 Å². The molecule has 0 unspecified atom stereocenters. The Kier molecular flexibility index (Phi) is 4.60. The second kappa shape index (κ2) is 5.78. The summed E-state index contributed by atoms with van der Waals surface area (Å²) in [5.41, 5.74) is 0.546. The average Bonchev–Trinajstić information content (AvgIpc) is 2.69. The van der Waals surface area contributed by atoms with Crippen LogP contribution in [0.25, 0.3) is 0 Å². The second-order valence-electron chi connectivity index (χ2n) is 9.17.